The standard InChI is InChI=1S/C14H28O2/c1-12(2,3)11(15)8-10-9-13(4,5)16-14(10,6)7/h10-11,15H,8-9H2,1-7H3. The second-order valence-electron chi connectivity index (χ2n) is 7.48. The summed E-state index contributed by atoms with van der Waals surface area (Å²) in [6, 6.07) is 0. The number of rotatable bonds is 2. The van der Waals surface area contributed by atoms with Crippen molar-refractivity contribution in [1.29, 1.82) is 0 Å². The lowest BCUT2D eigenvalue weighted by Crippen LogP contribution is -2.35. The van der Waals surface area contributed by atoms with Gasteiger partial charge in [0, 0.05) is 0 Å². The molecular formula is C14H28O2. The summed E-state index contributed by atoms with van der Waals surface area (Å²) in [5, 5.41) is 10.2. The predicted octanol–water partition coefficient (Wildman–Crippen LogP) is 3.38. The van der Waals surface area contributed by atoms with Crippen molar-refractivity contribution < 1.29 is 9.84 Å². The van der Waals surface area contributed by atoms with Crippen molar-refractivity contribution in [3.63, 3.8) is 0 Å². The molecule has 1 aliphatic heterocycles. The SMILES string of the molecule is CC1(C)CC(CC(O)C(C)(C)C)C(C)(C)O1. The van der Waals surface area contributed by atoms with Crippen LogP contribution >= 0.6 is 0 Å². The monoisotopic (exact) mass is 228 g/mol. The molecule has 1 saturated heterocycles. The fraction of sp³-hybridized carbons (Fsp3) is 1.00. The third kappa shape index (κ3) is 3.21. The van der Waals surface area contributed by atoms with E-state index in [1.165, 1.54) is 0 Å². The maximum absolute atomic E-state index is 10.2. The van der Waals surface area contributed by atoms with Crippen LogP contribution < -0.4 is 0 Å². The van der Waals surface area contributed by atoms with Gasteiger partial charge in [-0.05, 0) is 51.9 Å². The molecule has 1 rings (SSSR count). The van der Waals surface area contributed by atoms with Crippen LogP contribution in [0, 0.1) is 11.3 Å². The lowest BCUT2D eigenvalue weighted by molar-refractivity contribution is -0.0812. The van der Waals surface area contributed by atoms with Crippen LogP contribution in [-0.4, -0.2) is 22.4 Å². The molecule has 0 amide bonds. The van der Waals surface area contributed by atoms with Crippen molar-refractivity contribution in [3.05, 3.63) is 0 Å². The summed E-state index contributed by atoms with van der Waals surface area (Å²) >= 11 is 0. The van der Waals surface area contributed by atoms with E-state index >= 15 is 0 Å². The molecule has 0 aliphatic carbocycles. The van der Waals surface area contributed by atoms with E-state index in [1.807, 2.05) is 0 Å². The fourth-order valence-electron chi connectivity index (χ4n) is 2.67. The first-order valence-corrected chi connectivity index (χ1v) is 6.32. The molecule has 0 spiro atoms. The molecule has 0 bridgehead atoms. The first kappa shape index (κ1) is 14.0. The molecule has 1 N–H and O–H groups in total. The zero-order valence-electron chi connectivity index (χ0n) is 11.9. The lowest BCUT2D eigenvalue weighted by atomic mass is 9.77. The molecule has 2 unspecified atom stereocenters. The van der Waals surface area contributed by atoms with Gasteiger partial charge in [0.2, 0.25) is 0 Å². The van der Waals surface area contributed by atoms with Gasteiger partial charge in [-0.2, -0.15) is 0 Å². The second-order valence-corrected chi connectivity index (χ2v) is 7.48. The summed E-state index contributed by atoms with van der Waals surface area (Å²) in [6.07, 6.45) is 1.61. The minimum Gasteiger partial charge on any atom is -0.393 e. The Morgan fingerprint density at radius 2 is 1.75 bits per heavy atom. The molecule has 2 heteroatoms. The third-order valence-electron chi connectivity index (χ3n) is 3.77. The number of hydrogen-bond donors (Lipinski definition) is 1. The van der Waals surface area contributed by atoms with E-state index in [-0.39, 0.29) is 22.7 Å². The van der Waals surface area contributed by atoms with Crippen molar-refractivity contribution >= 4 is 0 Å². The van der Waals surface area contributed by atoms with E-state index < -0.39 is 0 Å². The third-order valence-corrected chi connectivity index (χ3v) is 3.77. The Balaban J connectivity index is 2.69. The maximum Gasteiger partial charge on any atom is 0.0663 e. The highest BCUT2D eigenvalue weighted by molar-refractivity contribution is 4.96. The van der Waals surface area contributed by atoms with E-state index in [2.05, 4.69) is 48.5 Å². The van der Waals surface area contributed by atoms with E-state index in [0.29, 0.717) is 5.92 Å². The normalized spacial score (nSPS) is 30.4. The number of hydrogen-bond acceptors (Lipinski definition) is 2. The summed E-state index contributed by atoms with van der Waals surface area (Å²) in [5.74, 6) is 0.441. The quantitative estimate of drug-likeness (QED) is 0.785. The zero-order valence-corrected chi connectivity index (χ0v) is 11.9. The van der Waals surface area contributed by atoms with Crippen LogP contribution in [0.15, 0.2) is 0 Å². The van der Waals surface area contributed by atoms with Gasteiger partial charge in [0.05, 0.1) is 17.3 Å². The average molecular weight is 228 g/mol. The number of ether oxygens (including phenoxy) is 1. The lowest BCUT2D eigenvalue weighted by Gasteiger charge is -2.32. The smallest absolute Gasteiger partial charge is 0.0663 e. The van der Waals surface area contributed by atoms with Crippen LogP contribution in [0.3, 0.4) is 0 Å². The topological polar surface area (TPSA) is 29.5 Å². The minimum atomic E-state index is -0.255. The molecule has 2 nitrogen and oxygen atoms in total. The minimum absolute atomic E-state index is 0.0389. The summed E-state index contributed by atoms with van der Waals surface area (Å²) < 4.78 is 6.05. The average Bonchev–Trinajstić information content (AvgIpc) is 2.17. The summed E-state index contributed by atoms with van der Waals surface area (Å²) in [5.41, 5.74) is -0.204. The molecule has 2 atom stereocenters. The Morgan fingerprint density at radius 3 is 2.06 bits per heavy atom. The van der Waals surface area contributed by atoms with Crippen LogP contribution in [-0.2, 0) is 4.74 Å². The van der Waals surface area contributed by atoms with Crippen LogP contribution in [0.2, 0.25) is 0 Å². The fourth-order valence-corrected chi connectivity index (χ4v) is 2.67. The molecule has 1 fully saturated rings. The Morgan fingerprint density at radius 1 is 1.25 bits per heavy atom. The first-order valence-electron chi connectivity index (χ1n) is 6.32. The van der Waals surface area contributed by atoms with Crippen molar-refractivity contribution in [2.75, 3.05) is 0 Å². The number of aliphatic hydroxyl groups excluding tert-OH is 1. The van der Waals surface area contributed by atoms with E-state index in [9.17, 15) is 5.11 Å². The Kier molecular flexibility index (Phi) is 3.49. The molecule has 0 aromatic rings. The van der Waals surface area contributed by atoms with Gasteiger partial charge < -0.3 is 9.84 Å². The Bertz CT molecular complexity index is 248. The second kappa shape index (κ2) is 3.99. The molecule has 0 radical (unpaired) electrons. The Labute approximate surface area is 100 Å². The Hall–Kier alpha value is -0.0800. The van der Waals surface area contributed by atoms with Gasteiger partial charge in [0.15, 0.2) is 0 Å². The van der Waals surface area contributed by atoms with Crippen LogP contribution in [0.25, 0.3) is 0 Å². The highest BCUT2D eigenvalue weighted by Gasteiger charge is 2.46. The van der Waals surface area contributed by atoms with Gasteiger partial charge in [0.1, 0.15) is 0 Å². The van der Waals surface area contributed by atoms with Crippen LogP contribution in [0.1, 0.15) is 61.3 Å². The van der Waals surface area contributed by atoms with Gasteiger partial charge in [-0.1, -0.05) is 20.8 Å². The largest absolute Gasteiger partial charge is 0.393 e. The number of aliphatic hydroxyl groups is 1. The summed E-state index contributed by atoms with van der Waals surface area (Å²) in [7, 11) is 0. The van der Waals surface area contributed by atoms with E-state index in [1.54, 1.807) is 0 Å². The van der Waals surface area contributed by atoms with Crippen molar-refractivity contribution in [1.82, 2.24) is 0 Å². The van der Waals surface area contributed by atoms with Gasteiger partial charge in [-0.15, -0.1) is 0 Å². The molecule has 16 heavy (non-hydrogen) atoms. The highest BCUT2D eigenvalue weighted by atomic mass is 16.5. The molecule has 1 aliphatic rings. The maximum atomic E-state index is 10.2. The van der Waals surface area contributed by atoms with Gasteiger partial charge >= 0.3 is 0 Å². The van der Waals surface area contributed by atoms with Crippen LogP contribution in [0.4, 0.5) is 0 Å². The van der Waals surface area contributed by atoms with Crippen molar-refractivity contribution in [3.8, 4) is 0 Å². The molecule has 96 valence electrons. The van der Waals surface area contributed by atoms with Gasteiger partial charge in [-0.3, -0.25) is 0 Å². The van der Waals surface area contributed by atoms with E-state index in [0.717, 1.165) is 12.8 Å². The van der Waals surface area contributed by atoms with Crippen LogP contribution in [0.5, 0.6) is 0 Å². The predicted molar refractivity (Wildman–Crippen MR) is 67.4 cm³/mol. The first-order chi connectivity index (χ1) is 6.94. The highest BCUT2D eigenvalue weighted by Crippen LogP contribution is 2.45. The summed E-state index contributed by atoms with van der Waals surface area (Å²) in [6.45, 7) is 14.8. The van der Waals surface area contributed by atoms with E-state index in [4.69, 9.17) is 4.74 Å². The summed E-state index contributed by atoms with van der Waals surface area (Å²) in [4.78, 5) is 0. The molecule has 1 heterocycles. The molecule has 0 saturated carbocycles. The zero-order chi connectivity index (χ0) is 12.8. The van der Waals surface area contributed by atoms with Gasteiger partial charge in [0.25, 0.3) is 0 Å². The van der Waals surface area contributed by atoms with Gasteiger partial charge in [-0.25, -0.2) is 0 Å². The molecule has 0 aromatic carbocycles. The molecule has 0 aromatic heterocycles. The van der Waals surface area contributed by atoms with Crippen molar-refractivity contribution in [2.45, 2.75) is 78.6 Å². The van der Waals surface area contributed by atoms with Crippen molar-refractivity contribution in [2.24, 2.45) is 11.3 Å². The molecular weight excluding hydrogens is 200 g/mol.